The van der Waals surface area contributed by atoms with Crippen molar-refractivity contribution in [3.8, 4) is 5.75 Å². The normalized spacial score (nSPS) is 9.76. The van der Waals surface area contributed by atoms with E-state index < -0.39 is 4.92 Å². The van der Waals surface area contributed by atoms with E-state index in [1.54, 1.807) is 19.2 Å². The molecule has 0 aliphatic heterocycles. The Kier molecular flexibility index (Phi) is 6.84. The smallest absolute Gasteiger partial charge is 0.269 e. The maximum Gasteiger partial charge on any atom is 0.269 e. The average molecular weight is 353 g/mol. The lowest BCUT2D eigenvalue weighted by Gasteiger charge is -2.09. The van der Waals surface area contributed by atoms with Gasteiger partial charge in [0, 0.05) is 30.8 Å². The summed E-state index contributed by atoms with van der Waals surface area (Å²) < 4.78 is 5.28. The van der Waals surface area contributed by atoms with Crippen molar-refractivity contribution in [2.75, 3.05) is 7.11 Å². The molecule has 0 unspecified atom stereocenters. The average Bonchev–Trinajstić information content (AvgIpc) is 2.48. The minimum atomic E-state index is -0.397. The molecule has 0 bridgehead atoms. The van der Waals surface area contributed by atoms with Crippen LogP contribution in [0.25, 0.3) is 0 Å². The van der Waals surface area contributed by atoms with E-state index in [9.17, 15) is 10.1 Å². The molecule has 2 aromatic carbocycles. The fourth-order valence-electron chi connectivity index (χ4n) is 1.93. The molecular formula is C15H17BrN2O3. The molecule has 0 aromatic heterocycles. The van der Waals surface area contributed by atoms with Crippen LogP contribution in [0.3, 0.4) is 0 Å². The third kappa shape index (κ3) is 4.84. The first-order valence-electron chi connectivity index (χ1n) is 6.26. The molecule has 0 saturated heterocycles. The van der Waals surface area contributed by atoms with Crippen molar-refractivity contribution in [1.29, 1.82) is 0 Å². The Morgan fingerprint density at radius 1 is 1.10 bits per heavy atom. The van der Waals surface area contributed by atoms with Crippen molar-refractivity contribution in [1.82, 2.24) is 5.32 Å². The molecule has 0 atom stereocenters. The highest BCUT2D eigenvalue weighted by atomic mass is 79.9. The molecule has 0 spiro atoms. The number of nitro groups is 1. The van der Waals surface area contributed by atoms with E-state index in [0.29, 0.717) is 13.1 Å². The predicted octanol–water partition coefficient (Wildman–Crippen LogP) is 3.47. The Labute approximate surface area is 133 Å². The molecule has 2 rings (SSSR count). The Morgan fingerprint density at radius 3 is 2.38 bits per heavy atom. The van der Waals surface area contributed by atoms with Crippen LogP contribution in [-0.4, -0.2) is 12.0 Å². The Balaban J connectivity index is 0.00000220. The van der Waals surface area contributed by atoms with Gasteiger partial charge in [0.2, 0.25) is 0 Å². The SMILES string of the molecule is Br.COc1ccccc1CNCc1ccc([N+](=O)[O-])cc1. The van der Waals surface area contributed by atoms with E-state index >= 15 is 0 Å². The summed E-state index contributed by atoms with van der Waals surface area (Å²) in [6.45, 7) is 1.33. The molecule has 1 N–H and O–H groups in total. The Morgan fingerprint density at radius 2 is 1.76 bits per heavy atom. The zero-order chi connectivity index (χ0) is 14.4. The number of benzene rings is 2. The standard InChI is InChI=1S/C15H16N2O3.BrH/c1-20-15-5-3-2-4-13(15)11-16-10-12-6-8-14(9-7-12)17(18)19;/h2-9,16H,10-11H2,1H3;1H. The molecule has 5 nitrogen and oxygen atoms in total. The minimum Gasteiger partial charge on any atom is -0.496 e. The molecule has 0 aliphatic carbocycles. The molecule has 2 aromatic rings. The Bertz CT molecular complexity index is 588. The van der Waals surface area contributed by atoms with E-state index in [4.69, 9.17) is 4.74 Å². The van der Waals surface area contributed by atoms with Gasteiger partial charge in [-0.2, -0.15) is 0 Å². The fraction of sp³-hybridized carbons (Fsp3) is 0.200. The van der Waals surface area contributed by atoms with Crippen molar-refractivity contribution in [3.05, 3.63) is 69.8 Å². The molecule has 0 aliphatic rings. The first-order valence-corrected chi connectivity index (χ1v) is 6.26. The number of halogens is 1. The van der Waals surface area contributed by atoms with Gasteiger partial charge in [0.05, 0.1) is 12.0 Å². The van der Waals surface area contributed by atoms with Gasteiger partial charge in [-0.3, -0.25) is 10.1 Å². The maximum absolute atomic E-state index is 10.6. The largest absolute Gasteiger partial charge is 0.496 e. The zero-order valence-electron chi connectivity index (χ0n) is 11.6. The fourth-order valence-corrected chi connectivity index (χ4v) is 1.93. The van der Waals surface area contributed by atoms with Crippen LogP contribution in [0, 0.1) is 10.1 Å². The minimum absolute atomic E-state index is 0. The molecule has 0 amide bonds. The van der Waals surface area contributed by atoms with Crippen LogP contribution in [-0.2, 0) is 13.1 Å². The second-order valence-corrected chi connectivity index (χ2v) is 4.34. The van der Waals surface area contributed by atoms with Crippen LogP contribution in [0.2, 0.25) is 0 Å². The van der Waals surface area contributed by atoms with Crippen molar-refractivity contribution in [3.63, 3.8) is 0 Å². The van der Waals surface area contributed by atoms with E-state index in [1.807, 2.05) is 24.3 Å². The lowest BCUT2D eigenvalue weighted by Crippen LogP contribution is -2.13. The first-order chi connectivity index (χ1) is 9.70. The van der Waals surface area contributed by atoms with Gasteiger partial charge in [0.25, 0.3) is 5.69 Å². The number of nitrogens with zero attached hydrogens (tertiary/aromatic N) is 1. The van der Waals surface area contributed by atoms with Gasteiger partial charge >= 0.3 is 0 Å². The van der Waals surface area contributed by atoms with Crippen LogP contribution in [0.4, 0.5) is 5.69 Å². The number of rotatable bonds is 6. The maximum atomic E-state index is 10.6. The Hall–Kier alpha value is -1.92. The third-order valence-electron chi connectivity index (χ3n) is 2.98. The monoisotopic (exact) mass is 352 g/mol. The second-order valence-electron chi connectivity index (χ2n) is 4.34. The van der Waals surface area contributed by atoms with Crippen LogP contribution in [0.1, 0.15) is 11.1 Å². The molecule has 6 heteroatoms. The van der Waals surface area contributed by atoms with Crippen molar-refractivity contribution in [2.24, 2.45) is 0 Å². The molecule has 112 valence electrons. The van der Waals surface area contributed by atoms with Crippen LogP contribution < -0.4 is 10.1 Å². The van der Waals surface area contributed by atoms with Gasteiger partial charge < -0.3 is 10.1 Å². The molecule has 0 heterocycles. The number of para-hydroxylation sites is 1. The third-order valence-corrected chi connectivity index (χ3v) is 2.98. The number of methoxy groups -OCH3 is 1. The van der Waals surface area contributed by atoms with Crippen LogP contribution in [0.5, 0.6) is 5.75 Å². The molecule has 0 fully saturated rings. The van der Waals surface area contributed by atoms with Gasteiger partial charge in [-0.1, -0.05) is 30.3 Å². The summed E-state index contributed by atoms with van der Waals surface area (Å²) >= 11 is 0. The number of nitro benzene ring substituents is 1. The topological polar surface area (TPSA) is 64.4 Å². The van der Waals surface area contributed by atoms with Crippen LogP contribution >= 0.6 is 17.0 Å². The number of hydrogen-bond donors (Lipinski definition) is 1. The summed E-state index contributed by atoms with van der Waals surface area (Å²) in [5.41, 5.74) is 2.20. The van der Waals surface area contributed by atoms with E-state index in [2.05, 4.69) is 5.32 Å². The van der Waals surface area contributed by atoms with E-state index in [-0.39, 0.29) is 22.7 Å². The van der Waals surface area contributed by atoms with Gasteiger partial charge in [-0.15, -0.1) is 17.0 Å². The van der Waals surface area contributed by atoms with E-state index in [0.717, 1.165) is 16.9 Å². The van der Waals surface area contributed by atoms with Crippen molar-refractivity contribution in [2.45, 2.75) is 13.1 Å². The van der Waals surface area contributed by atoms with Crippen molar-refractivity contribution < 1.29 is 9.66 Å². The van der Waals surface area contributed by atoms with Crippen LogP contribution in [0.15, 0.2) is 48.5 Å². The quantitative estimate of drug-likeness (QED) is 0.638. The summed E-state index contributed by atoms with van der Waals surface area (Å²) in [6.07, 6.45) is 0. The van der Waals surface area contributed by atoms with Gasteiger partial charge in [0.1, 0.15) is 5.75 Å². The summed E-state index contributed by atoms with van der Waals surface area (Å²) in [5.74, 6) is 0.851. The highest BCUT2D eigenvalue weighted by molar-refractivity contribution is 8.93. The number of hydrogen-bond acceptors (Lipinski definition) is 4. The summed E-state index contributed by atoms with van der Waals surface area (Å²) in [7, 11) is 1.65. The van der Waals surface area contributed by atoms with E-state index in [1.165, 1.54) is 12.1 Å². The second kappa shape index (κ2) is 8.39. The molecular weight excluding hydrogens is 336 g/mol. The molecule has 0 radical (unpaired) electrons. The number of non-ortho nitro benzene ring substituents is 1. The first kappa shape index (κ1) is 17.1. The number of nitrogens with one attached hydrogen (secondary N) is 1. The van der Waals surface area contributed by atoms with Gasteiger partial charge in [0.15, 0.2) is 0 Å². The van der Waals surface area contributed by atoms with Gasteiger partial charge in [-0.25, -0.2) is 0 Å². The lowest BCUT2D eigenvalue weighted by molar-refractivity contribution is -0.384. The van der Waals surface area contributed by atoms with Gasteiger partial charge in [-0.05, 0) is 11.6 Å². The summed E-state index contributed by atoms with van der Waals surface area (Å²) in [6, 6.07) is 14.4. The lowest BCUT2D eigenvalue weighted by atomic mass is 10.2. The molecule has 0 saturated carbocycles. The predicted molar refractivity (Wildman–Crippen MR) is 87.0 cm³/mol. The highest BCUT2D eigenvalue weighted by Gasteiger charge is 2.04. The summed E-state index contributed by atoms with van der Waals surface area (Å²) in [4.78, 5) is 10.2. The highest BCUT2D eigenvalue weighted by Crippen LogP contribution is 2.17. The zero-order valence-corrected chi connectivity index (χ0v) is 13.3. The van der Waals surface area contributed by atoms with Crippen molar-refractivity contribution >= 4 is 22.7 Å². The number of ether oxygens (including phenoxy) is 1. The summed E-state index contributed by atoms with van der Waals surface area (Å²) in [5, 5.41) is 13.8. The molecule has 21 heavy (non-hydrogen) atoms.